The van der Waals surface area contributed by atoms with Crippen LogP contribution in [0.5, 0.6) is 0 Å². The minimum absolute atomic E-state index is 0.0127. The monoisotopic (exact) mass is 468 g/mol. The van der Waals surface area contributed by atoms with Crippen molar-refractivity contribution in [3.05, 3.63) is 80.3 Å². The highest BCUT2D eigenvalue weighted by Gasteiger charge is 2.22. The van der Waals surface area contributed by atoms with Gasteiger partial charge in [0.2, 0.25) is 5.69 Å². The molecule has 172 valence electrons. The average molecular weight is 468 g/mol. The minimum Gasteiger partial charge on any atom is -0.476 e. The van der Waals surface area contributed by atoms with E-state index in [1.165, 1.54) is 30.5 Å². The summed E-state index contributed by atoms with van der Waals surface area (Å²) in [7, 11) is 0. The Balaban J connectivity index is 1.59. The number of hydrogen-bond donors (Lipinski definition) is 4. The normalized spacial score (nSPS) is 10.7. The number of carbonyl (C=O) groups is 2. The number of hydrogen-bond acceptors (Lipinski definition) is 8. The van der Waals surface area contributed by atoms with E-state index in [-0.39, 0.29) is 40.4 Å². The Hall–Kier alpha value is -5.14. The van der Waals surface area contributed by atoms with Gasteiger partial charge in [0, 0.05) is 18.0 Å². The number of carbonyl (C=O) groups excluding carboxylic acids is 1. The third-order valence-corrected chi connectivity index (χ3v) is 4.52. The van der Waals surface area contributed by atoms with Crippen LogP contribution in [0.3, 0.4) is 0 Å². The van der Waals surface area contributed by atoms with E-state index >= 15 is 0 Å². The Morgan fingerprint density at radius 1 is 1.24 bits per heavy atom. The highest BCUT2D eigenvalue weighted by atomic mass is 19.1. The largest absolute Gasteiger partial charge is 0.476 e. The molecule has 0 unspecified atom stereocenters. The van der Waals surface area contributed by atoms with Gasteiger partial charge in [-0.15, -0.1) is 0 Å². The number of aromatic nitrogens is 4. The van der Waals surface area contributed by atoms with Gasteiger partial charge in [-0.3, -0.25) is 20.2 Å². The van der Waals surface area contributed by atoms with E-state index in [2.05, 4.69) is 25.3 Å². The van der Waals surface area contributed by atoms with Gasteiger partial charge in [-0.05, 0) is 24.3 Å². The summed E-state index contributed by atoms with van der Waals surface area (Å²) in [4.78, 5) is 58.7. The molecule has 1 amide bonds. The van der Waals surface area contributed by atoms with Gasteiger partial charge in [-0.25, -0.2) is 23.9 Å². The van der Waals surface area contributed by atoms with Gasteiger partial charge < -0.3 is 19.8 Å². The van der Waals surface area contributed by atoms with Crippen LogP contribution in [0.2, 0.25) is 0 Å². The molecule has 14 heteroatoms. The summed E-state index contributed by atoms with van der Waals surface area (Å²) in [6.07, 6.45) is 0.475. The number of aromatic amines is 2. The average Bonchev–Trinajstić information content (AvgIpc) is 3.25. The smallest absolute Gasteiger partial charge is 0.412 e. The number of ether oxygens (including phenoxy) is 1. The van der Waals surface area contributed by atoms with Gasteiger partial charge in [0.1, 0.15) is 18.2 Å². The van der Waals surface area contributed by atoms with E-state index in [1.807, 2.05) is 0 Å². The van der Waals surface area contributed by atoms with Crippen LogP contribution in [-0.2, 0) is 11.3 Å². The Morgan fingerprint density at radius 2 is 2.03 bits per heavy atom. The lowest BCUT2D eigenvalue weighted by Gasteiger charge is -2.06. The zero-order chi connectivity index (χ0) is 24.4. The van der Waals surface area contributed by atoms with E-state index in [0.29, 0.717) is 0 Å². The fraction of sp³-hybridized carbons (Fsp3) is 0.0500. The summed E-state index contributed by atoms with van der Waals surface area (Å²) >= 11 is 0. The number of imidazole rings is 1. The molecule has 0 aliphatic carbocycles. The lowest BCUT2D eigenvalue weighted by atomic mass is 10.1. The lowest BCUT2D eigenvalue weighted by molar-refractivity contribution is -0.384. The molecule has 0 saturated carbocycles. The second-order valence-electron chi connectivity index (χ2n) is 6.82. The van der Waals surface area contributed by atoms with Gasteiger partial charge in [-0.1, -0.05) is 6.07 Å². The molecule has 4 rings (SSSR count). The number of nitro benzene ring substituents is 1. The molecular formula is C20H13FN6O7. The molecule has 2 heterocycles. The first-order valence-electron chi connectivity index (χ1n) is 9.41. The van der Waals surface area contributed by atoms with Crippen LogP contribution in [0.1, 0.15) is 16.2 Å². The molecule has 13 nitrogen and oxygen atoms in total. The summed E-state index contributed by atoms with van der Waals surface area (Å²) in [5.41, 5.74) is -1.90. The van der Waals surface area contributed by atoms with E-state index in [0.717, 1.165) is 12.1 Å². The second-order valence-corrected chi connectivity index (χ2v) is 6.82. The molecule has 4 aromatic rings. The molecule has 0 fully saturated rings. The maximum atomic E-state index is 13.2. The number of amides is 1. The molecule has 2 aromatic heterocycles. The highest BCUT2D eigenvalue weighted by molar-refractivity contribution is 5.90. The van der Waals surface area contributed by atoms with Crippen LogP contribution < -0.4 is 10.9 Å². The van der Waals surface area contributed by atoms with Crippen molar-refractivity contribution in [1.82, 2.24) is 19.9 Å². The van der Waals surface area contributed by atoms with Crippen molar-refractivity contribution in [1.29, 1.82) is 0 Å². The van der Waals surface area contributed by atoms with Crippen LogP contribution in [-0.4, -0.2) is 42.0 Å². The number of aromatic carboxylic acids is 1. The predicted molar refractivity (Wildman–Crippen MR) is 114 cm³/mol. The van der Waals surface area contributed by atoms with Crippen LogP contribution in [0.25, 0.3) is 22.4 Å². The standard InChI is InChI=1S/C20H13FN6O7/c21-9-2-1-3-10(4-9)24-20(31)34-8-11-7-22-17(23-11)12-5-13-14(6-15(12)27(32)33)26-18(28)16(25-13)19(29)30/h1-7H,8H2,(H,22,23)(H,24,31)(H,26,28)(H,29,30). The zero-order valence-corrected chi connectivity index (χ0v) is 16.9. The molecule has 4 N–H and O–H groups in total. The van der Waals surface area contributed by atoms with Crippen LogP contribution in [0, 0.1) is 15.9 Å². The minimum atomic E-state index is -1.56. The Labute approximate surface area is 187 Å². The highest BCUT2D eigenvalue weighted by Crippen LogP contribution is 2.31. The molecule has 0 radical (unpaired) electrons. The van der Waals surface area contributed by atoms with Crippen LogP contribution in [0.15, 0.2) is 47.4 Å². The molecule has 0 aliphatic heterocycles. The van der Waals surface area contributed by atoms with Crippen molar-refractivity contribution in [2.24, 2.45) is 0 Å². The number of nitrogens with zero attached hydrogens (tertiary/aromatic N) is 3. The summed E-state index contributed by atoms with van der Waals surface area (Å²) in [6.45, 7) is -0.312. The first-order valence-corrected chi connectivity index (χ1v) is 9.41. The van der Waals surface area contributed by atoms with Crippen molar-refractivity contribution in [3.8, 4) is 11.4 Å². The number of carboxylic acids is 1. The fourth-order valence-electron chi connectivity index (χ4n) is 3.04. The third kappa shape index (κ3) is 4.55. The topological polar surface area (TPSA) is 193 Å². The summed E-state index contributed by atoms with van der Waals surface area (Å²) in [6, 6.07) is 7.43. The summed E-state index contributed by atoms with van der Waals surface area (Å²) in [5, 5.41) is 23.0. The number of nitrogens with one attached hydrogen (secondary N) is 3. The zero-order valence-electron chi connectivity index (χ0n) is 16.9. The Morgan fingerprint density at radius 3 is 2.74 bits per heavy atom. The first-order chi connectivity index (χ1) is 16.2. The van der Waals surface area contributed by atoms with E-state index in [9.17, 15) is 28.9 Å². The number of carboxylic acid groups (broad SMARTS) is 1. The van der Waals surface area contributed by atoms with Gasteiger partial charge in [0.15, 0.2) is 0 Å². The second kappa shape index (κ2) is 8.78. The van der Waals surface area contributed by atoms with Gasteiger partial charge in [0.05, 0.1) is 27.2 Å². The van der Waals surface area contributed by atoms with Crippen molar-refractivity contribution in [2.75, 3.05) is 5.32 Å². The molecular weight excluding hydrogens is 455 g/mol. The number of H-pyrrole nitrogens is 2. The van der Waals surface area contributed by atoms with E-state index in [4.69, 9.17) is 9.84 Å². The molecule has 34 heavy (non-hydrogen) atoms. The SMILES string of the molecule is O=C(Nc1cccc(F)c1)OCc1c[nH]c(-c2cc3nc(C(=O)O)c(=O)[nH]c3cc2[N+](=O)[O-])n1. The van der Waals surface area contributed by atoms with Crippen molar-refractivity contribution in [2.45, 2.75) is 6.61 Å². The Kier molecular flexibility index (Phi) is 5.70. The van der Waals surface area contributed by atoms with E-state index in [1.54, 1.807) is 0 Å². The quantitative estimate of drug-likeness (QED) is 0.243. The lowest BCUT2D eigenvalue weighted by Crippen LogP contribution is -2.19. The number of halogens is 1. The summed E-state index contributed by atoms with van der Waals surface area (Å²) in [5.74, 6) is -2.08. The Bertz CT molecular complexity index is 1510. The first kappa shape index (κ1) is 22.1. The van der Waals surface area contributed by atoms with E-state index < -0.39 is 39.7 Å². The molecule has 0 bridgehead atoms. The number of nitro groups is 1. The fourth-order valence-corrected chi connectivity index (χ4v) is 3.04. The number of rotatable bonds is 6. The van der Waals surface area contributed by atoms with Gasteiger partial charge in [0.25, 0.3) is 11.2 Å². The molecule has 0 aliphatic rings. The molecule has 0 saturated heterocycles. The van der Waals surface area contributed by atoms with Crippen molar-refractivity contribution >= 4 is 34.5 Å². The van der Waals surface area contributed by atoms with Gasteiger partial charge in [-0.2, -0.15) is 0 Å². The van der Waals surface area contributed by atoms with Crippen LogP contribution >= 0.6 is 0 Å². The van der Waals surface area contributed by atoms with Crippen molar-refractivity contribution < 1.29 is 28.7 Å². The summed E-state index contributed by atoms with van der Waals surface area (Å²) < 4.78 is 18.2. The van der Waals surface area contributed by atoms with Crippen LogP contribution in [0.4, 0.5) is 20.6 Å². The number of fused-ring (bicyclic) bond motifs is 1. The molecule has 2 aromatic carbocycles. The third-order valence-electron chi connectivity index (χ3n) is 4.52. The maximum Gasteiger partial charge on any atom is 0.412 e. The molecule has 0 atom stereocenters. The number of benzene rings is 2. The number of anilines is 1. The maximum absolute atomic E-state index is 13.2. The predicted octanol–water partition coefficient (Wildman–Crippen LogP) is 2.81. The molecule has 0 spiro atoms. The van der Waals surface area contributed by atoms with Gasteiger partial charge >= 0.3 is 12.1 Å². The van der Waals surface area contributed by atoms with Crippen molar-refractivity contribution in [3.63, 3.8) is 0 Å².